The predicted octanol–water partition coefficient (Wildman–Crippen LogP) is 2.01. The summed E-state index contributed by atoms with van der Waals surface area (Å²) < 4.78 is 0. The highest BCUT2D eigenvalue weighted by Crippen LogP contribution is 2.35. The van der Waals surface area contributed by atoms with Crippen molar-refractivity contribution < 1.29 is 14.4 Å². The van der Waals surface area contributed by atoms with Crippen molar-refractivity contribution in [2.75, 3.05) is 6.54 Å². The molecule has 6 heteroatoms. The lowest BCUT2D eigenvalue weighted by molar-refractivity contribution is -0.134. The average Bonchev–Trinajstić information content (AvgIpc) is 2.88. The van der Waals surface area contributed by atoms with E-state index in [1.807, 2.05) is 50.2 Å². The molecule has 0 saturated carbocycles. The fourth-order valence-corrected chi connectivity index (χ4v) is 3.17. The Morgan fingerprint density at radius 2 is 1.50 bits per heavy atom. The van der Waals surface area contributed by atoms with E-state index in [1.165, 1.54) is 0 Å². The summed E-state index contributed by atoms with van der Waals surface area (Å²) in [6.07, 6.45) is 0. The predicted molar refractivity (Wildman–Crippen MR) is 97.2 cm³/mol. The maximum Gasteiger partial charge on any atom is 0.326 e. The van der Waals surface area contributed by atoms with Gasteiger partial charge in [-0.25, -0.2) is 4.79 Å². The highest BCUT2D eigenvalue weighted by atomic mass is 16.2. The fraction of sp³-hybridized carbons (Fsp3) is 0.250. The van der Waals surface area contributed by atoms with Gasteiger partial charge in [0.05, 0.1) is 0 Å². The Morgan fingerprint density at radius 1 is 1.00 bits per heavy atom. The molecule has 3 rings (SSSR count). The lowest BCUT2D eigenvalue weighted by atomic mass is 9.82. The Hall–Kier alpha value is -3.15. The first-order chi connectivity index (χ1) is 12.4. The molecule has 2 aromatic carbocycles. The second-order valence-electron chi connectivity index (χ2n) is 6.53. The fourth-order valence-electron chi connectivity index (χ4n) is 3.17. The molecular formula is C20H21N3O3. The van der Waals surface area contributed by atoms with E-state index < -0.39 is 17.5 Å². The van der Waals surface area contributed by atoms with Crippen LogP contribution in [-0.4, -0.2) is 35.3 Å². The van der Waals surface area contributed by atoms with Gasteiger partial charge in [0.1, 0.15) is 6.54 Å². The third kappa shape index (κ3) is 3.06. The van der Waals surface area contributed by atoms with Gasteiger partial charge in [-0.05, 0) is 25.0 Å². The molecule has 0 atom stereocenters. The zero-order valence-corrected chi connectivity index (χ0v) is 14.7. The van der Waals surface area contributed by atoms with E-state index in [2.05, 4.69) is 10.6 Å². The van der Waals surface area contributed by atoms with Crippen molar-refractivity contribution in [3.8, 4) is 0 Å². The topological polar surface area (TPSA) is 78.5 Å². The van der Waals surface area contributed by atoms with E-state index >= 15 is 0 Å². The van der Waals surface area contributed by atoms with Crippen LogP contribution in [0.2, 0.25) is 0 Å². The number of carbonyl (C=O) groups is 3. The first kappa shape index (κ1) is 17.7. The van der Waals surface area contributed by atoms with Crippen molar-refractivity contribution in [3.63, 3.8) is 0 Å². The Labute approximate surface area is 152 Å². The normalized spacial score (nSPS) is 15.9. The molecular weight excluding hydrogens is 330 g/mol. The minimum absolute atomic E-state index is 0.0729. The van der Waals surface area contributed by atoms with Crippen LogP contribution >= 0.6 is 0 Å². The summed E-state index contributed by atoms with van der Waals surface area (Å²) in [4.78, 5) is 39.0. The number of amides is 4. The van der Waals surface area contributed by atoms with Gasteiger partial charge in [0.25, 0.3) is 5.91 Å². The van der Waals surface area contributed by atoms with Gasteiger partial charge in [-0.1, -0.05) is 60.7 Å². The zero-order valence-electron chi connectivity index (χ0n) is 14.7. The van der Waals surface area contributed by atoms with E-state index in [0.717, 1.165) is 4.90 Å². The van der Waals surface area contributed by atoms with Crippen LogP contribution in [0.15, 0.2) is 60.7 Å². The van der Waals surface area contributed by atoms with Gasteiger partial charge in [0.2, 0.25) is 5.91 Å². The van der Waals surface area contributed by atoms with Crippen molar-refractivity contribution in [1.82, 2.24) is 15.5 Å². The summed E-state index contributed by atoms with van der Waals surface area (Å²) in [6.45, 7) is 3.33. The molecule has 0 bridgehead atoms. The molecule has 0 spiro atoms. The standard InChI is InChI=1S/C20H21N3O3/c1-14(2)21-17(24)13-23-18(25)20(22-19(23)26,15-9-5-3-6-10-15)16-11-7-4-8-12-16/h3-12,14H,13H2,1-2H3,(H,21,24)(H,22,26). The van der Waals surface area contributed by atoms with Crippen LogP contribution in [-0.2, 0) is 15.1 Å². The molecule has 0 radical (unpaired) electrons. The number of rotatable bonds is 5. The summed E-state index contributed by atoms with van der Waals surface area (Å²) in [7, 11) is 0. The molecule has 134 valence electrons. The number of nitrogens with zero attached hydrogens (tertiary/aromatic N) is 1. The maximum atomic E-state index is 13.3. The van der Waals surface area contributed by atoms with Gasteiger partial charge in [0.15, 0.2) is 5.54 Å². The average molecular weight is 351 g/mol. The maximum absolute atomic E-state index is 13.3. The zero-order chi connectivity index (χ0) is 18.7. The number of hydrogen-bond donors (Lipinski definition) is 2. The van der Waals surface area contributed by atoms with Gasteiger partial charge in [-0.3, -0.25) is 14.5 Å². The van der Waals surface area contributed by atoms with Crippen LogP contribution in [0.5, 0.6) is 0 Å². The largest absolute Gasteiger partial charge is 0.352 e. The first-order valence-corrected chi connectivity index (χ1v) is 8.49. The van der Waals surface area contributed by atoms with Gasteiger partial charge < -0.3 is 10.6 Å². The van der Waals surface area contributed by atoms with Crippen molar-refractivity contribution in [2.45, 2.75) is 25.4 Å². The molecule has 0 aliphatic carbocycles. The van der Waals surface area contributed by atoms with Crippen molar-refractivity contribution in [1.29, 1.82) is 0 Å². The van der Waals surface area contributed by atoms with Crippen molar-refractivity contribution in [3.05, 3.63) is 71.8 Å². The molecule has 2 aromatic rings. The molecule has 1 aliphatic heterocycles. The van der Waals surface area contributed by atoms with Gasteiger partial charge in [-0.2, -0.15) is 0 Å². The number of nitrogens with one attached hydrogen (secondary N) is 2. The summed E-state index contributed by atoms with van der Waals surface area (Å²) in [5.41, 5.74) is -0.0369. The van der Waals surface area contributed by atoms with Crippen LogP contribution in [0.3, 0.4) is 0 Å². The molecule has 1 aliphatic rings. The third-order valence-corrected chi connectivity index (χ3v) is 4.27. The summed E-state index contributed by atoms with van der Waals surface area (Å²) in [5, 5.41) is 5.52. The van der Waals surface area contributed by atoms with Crippen molar-refractivity contribution >= 4 is 17.8 Å². The second kappa shape index (κ2) is 7.00. The molecule has 0 unspecified atom stereocenters. The number of urea groups is 1. The van der Waals surface area contributed by atoms with Gasteiger partial charge >= 0.3 is 6.03 Å². The number of hydrogen-bond acceptors (Lipinski definition) is 3. The van der Waals surface area contributed by atoms with Crippen LogP contribution < -0.4 is 10.6 Å². The van der Waals surface area contributed by atoms with E-state index in [0.29, 0.717) is 11.1 Å². The van der Waals surface area contributed by atoms with E-state index in [-0.39, 0.29) is 18.5 Å². The number of carbonyl (C=O) groups excluding carboxylic acids is 3. The summed E-state index contributed by atoms with van der Waals surface area (Å²) >= 11 is 0. The van der Waals surface area contributed by atoms with E-state index in [4.69, 9.17) is 0 Å². The van der Waals surface area contributed by atoms with E-state index in [1.54, 1.807) is 24.3 Å². The molecule has 1 heterocycles. The summed E-state index contributed by atoms with van der Waals surface area (Å²) in [6, 6.07) is 17.5. The minimum Gasteiger partial charge on any atom is -0.352 e. The molecule has 1 saturated heterocycles. The van der Waals surface area contributed by atoms with Crippen LogP contribution in [0.4, 0.5) is 4.79 Å². The van der Waals surface area contributed by atoms with Crippen LogP contribution in [0.1, 0.15) is 25.0 Å². The van der Waals surface area contributed by atoms with Crippen LogP contribution in [0, 0.1) is 0 Å². The lowest BCUT2D eigenvalue weighted by Gasteiger charge is -2.28. The van der Waals surface area contributed by atoms with Crippen molar-refractivity contribution in [2.24, 2.45) is 0 Å². The van der Waals surface area contributed by atoms with Gasteiger partial charge in [-0.15, -0.1) is 0 Å². The van der Waals surface area contributed by atoms with E-state index in [9.17, 15) is 14.4 Å². The van der Waals surface area contributed by atoms with Gasteiger partial charge in [0, 0.05) is 6.04 Å². The lowest BCUT2D eigenvalue weighted by Crippen LogP contribution is -2.46. The Balaban J connectivity index is 2.03. The molecule has 2 N–H and O–H groups in total. The number of benzene rings is 2. The molecule has 26 heavy (non-hydrogen) atoms. The second-order valence-corrected chi connectivity index (χ2v) is 6.53. The number of imide groups is 1. The minimum atomic E-state index is -1.34. The molecule has 0 aromatic heterocycles. The Morgan fingerprint density at radius 3 is 1.96 bits per heavy atom. The molecule has 1 fully saturated rings. The first-order valence-electron chi connectivity index (χ1n) is 8.49. The molecule has 6 nitrogen and oxygen atoms in total. The highest BCUT2D eigenvalue weighted by Gasteiger charge is 2.53. The monoisotopic (exact) mass is 351 g/mol. The Kier molecular flexibility index (Phi) is 4.75. The van der Waals surface area contributed by atoms with Crippen LogP contribution in [0.25, 0.3) is 0 Å². The molecule has 4 amide bonds. The smallest absolute Gasteiger partial charge is 0.326 e. The Bertz CT molecular complexity index is 779. The SMILES string of the molecule is CC(C)NC(=O)CN1C(=O)NC(c2ccccc2)(c2ccccc2)C1=O. The quantitative estimate of drug-likeness (QED) is 0.809. The third-order valence-electron chi connectivity index (χ3n) is 4.27. The highest BCUT2D eigenvalue weighted by molar-refractivity contribution is 6.11. The summed E-state index contributed by atoms with van der Waals surface area (Å²) in [5.74, 6) is -0.834.